The standard InChI is InChI=1S/C22H23NO3/c24-21-9-7-18-11-17(6-8-20(18)21)16-4-1-5-19(12-16)22(25)23-13-15-3-2-10-26-14-15/h1,4-6,8,11-12,15H,2-3,7,9-10,13-14H2,(H,23,25). The van der Waals surface area contributed by atoms with Gasteiger partial charge in [-0.05, 0) is 54.0 Å². The Hall–Kier alpha value is -2.46. The van der Waals surface area contributed by atoms with E-state index in [-0.39, 0.29) is 11.7 Å². The molecule has 2 aliphatic rings. The quantitative estimate of drug-likeness (QED) is 0.917. The zero-order valence-electron chi connectivity index (χ0n) is 14.8. The molecule has 1 heterocycles. The maximum atomic E-state index is 12.5. The minimum Gasteiger partial charge on any atom is -0.381 e. The molecule has 26 heavy (non-hydrogen) atoms. The summed E-state index contributed by atoms with van der Waals surface area (Å²) in [6.07, 6.45) is 3.59. The second-order valence-corrected chi connectivity index (χ2v) is 7.17. The van der Waals surface area contributed by atoms with Crippen molar-refractivity contribution in [2.45, 2.75) is 25.7 Å². The van der Waals surface area contributed by atoms with Crippen LogP contribution in [0.15, 0.2) is 42.5 Å². The molecule has 4 rings (SSSR count). The molecule has 1 fully saturated rings. The minimum atomic E-state index is -0.0474. The number of nitrogens with one attached hydrogen (secondary N) is 1. The zero-order chi connectivity index (χ0) is 17.9. The fourth-order valence-corrected chi connectivity index (χ4v) is 3.78. The second kappa shape index (κ2) is 7.42. The van der Waals surface area contributed by atoms with Crippen molar-refractivity contribution in [1.82, 2.24) is 5.32 Å². The van der Waals surface area contributed by atoms with Crippen LogP contribution in [0.4, 0.5) is 0 Å². The van der Waals surface area contributed by atoms with E-state index in [1.165, 1.54) is 0 Å². The normalized spacial score (nSPS) is 19.2. The van der Waals surface area contributed by atoms with Gasteiger partial charge in [0.1, 0.15) is 0 Å². The molecule has 4 nitrogen and oxygen atoms in total. The number of fused-ring (bicyclic) bond motifs is 1. The molecule has 0 saturated carbocycles. The number of benzene rings is 2. The lowest BCUT2D eigenvalue weighted by atomic mass is 9.98. The van der Waals surface area contributed by atoms with Crippen LogP contribution < -0.4 is 5.32 Å². The maximum Gasteiger partial charge on any atom is 0.251 e. The number of hydrogen-bond acceptors (Lipinski definition) is 3. The van der Waals surface area contributed by atoms with Gasteiger partial charge in [-0.15, -0.1) is 0 Å². The van der Waals surface area contributed by atoms with Gasteiger partial charge < -0.3 is 10.1 Å². The van der Waals surface area contributed by atoms with E-state index < -0.39 is 0 Å². The van der Waals surface area contributed by atoms with Crippen LogP contribution in [-0.2, 0) is 11.2 Å². The summed E-state index contributed by atoms with van der Waals surface area (Å²) < 4.78 is 5.47. The molecule has 1 aliphatic carbocycles. The molecular formula is C22H23NO3. The Morgan fingerprint density at radius 2 is 2.00 bits per heavy atom. The lowest BCUT2D eigenvalue weighted by Crippen LogP contribution is -2.33. The number of ether oxygens (including phenoxy) is 1. The molecule has 1 unspecified atom stereocenters. The third-order valence-corrected chi connectivity index (χ3v) is 5.29. The predicted molar refractivity (Wildman–Crippen MR) is 100 cm³/mol. The highest BCUT2D eigenvalue weighted by molar-refractivity contribution is 6.01. The van der Waals surface area contributed by atoms with Gasteiger partial charge in [0.2, 0.25) is 0 Å². The van der Waals surface area contributed by atoms with Crippen LogP contribution in [0.2, 0.25) is 0 Å². The number of aryl methyl sites for hydroxylation is 1. The number of amides is 1. The van der Waals surface area contributed by atoms with Crippen LogP contribution in [-0.4, -0.2) is 31.4 Å². The van der Waals surface area contributed by atoms with E-state index in [0.29, 0.717) is 24.4 Å². The summed E-state index contributed by atoms with van der Waals surface area (Å²) in [5, 5.41) is 3.03. The maximum absolute atomic E-state index is 12.5. The van der Waals surface area contributed by atoms with Gasteiger partial charge in [-0.1, -0.05) is 30.3 Å². The molecule has 1 atom stereocenters. The molecular weight excluding hydrogens is 326 g/mol. The fraction of sp³-hybridized carbons (Fsp3) is 0.364. The van der Waals surface area contributed by atoms with Gasteiger partial charge in [0.15, 0.2) is 5.78 Å². The Morgan fingerprint density at radius 3 is 2.85 bits per heavy atom. The largest absolute Gasteiger partial charge is 0.381 e. The molecule has 2 aromatic carbocycles. The number of hydrogen-bond donors (Lipinski definition) is 1. The minimum absolute atomic E-state index is 0.0474. The third kappa shape index (κ3) is 3.56. The van der Waals surface area contributed by atoms with Crippen LogP contribution in [0, 0.1) is 5.92 Å². The molecule has 0 bridgehead atoms. The van der Waals surface area contributed by atoms with Gasteiger partial charge in [-0.3, -0.25) is 9.59 Å². The summed E-state index contributed by atoms with van der Waals surface area (Å²) in [7, 11) is 0. The molecule has 4 heteroatoms. The molecule has 1 amide bonds. The first kappa shape index (κ1) is 17.0. The third-order valence-electron chi connectivity index (χ3n) is 5.29. The number of rotatable bonds is 4. The van der Waals surface area contributed by atoms with Crippen molar-refractivity contribution in [2.24, 2.45) is 5.92 Å². The Kier molecular flexibility index (Phi) is 4.85. The van der Waals surface area contributed by atoms with Gasteiger partial charge in [-0.25, -0.2) is 0 Å². The lowest BCUT2D eigenvalue weighted by Gasteiger charge is -2.22. The molecule has 2 aromatic rings. The van der Waals surface area contributed by atoms with Crippen molar-refractivity contribution < 1.29 is 14.3 Å². The summed E-state index contributed by atoms with van der Waals surface area (Å²) in [5.74, 6) is 0.588. The van der Waals surface area contributed by atoms with Crippen LogP contribution >= 0.6 is 0 Å². The first-order valence-corrected chi connectivity index (χ1v) is 9.33. The highest BCUT2D eigenvalue weighted by Crippen LogP contribution is 2.28. The Bertz CT molecular complexity index is 837. The van der Waals surface area contributed by atoms with Gasteiger partial charge in [-0.2, -0.15) is 0 Å². The van der Waals surface area contributed by atoms with E-state index >= 15 is 0 Å². The molecule has 1 saturated heterocycles. The van der Waals surface area contributed by atoms with E-state index in [1.54, 1.807) is 0 Å². The topological polar surface area (TPSA) is 55.4 Å². The summed E-state index contributed by atoms with van der Waals surface area (Å²) in [4.78, 5) is 24.3. The molecule has 0 aromatic heterocycles. The Morgan fingerprint density at radius 1 is 1.12 bits per heavy atom. The zero-order valence-corrected chi connectivity index (χ0v) is 14.8. The fourth-order valence-electron chi connectivity index (χ4n) is 3.78. The molecule has 0 spiro atoms. The van der Waals surface area contributed by atoms with Crippen molar-refractivity contribution in [3.63, 3.8) is 0 Å². The van der Waals surface area contributed by atoms with Crippen molar-refractivity contribution in [2.75, 3.05) is 19.8 Å². The molecule has 134 valence electrons. The summed E-state index contributed by atoms with van der Waals surface area (Å²) in [5.41, 5.74) is 4.67. The average Bonchev–Trinajstić information content (AvgIpc) is 3.07. The van der Waals surface area contributed by atoms with Gasteiger partial charge in [0, 0.05) is 30.7 Å². The van der Waals surface area contributed by atoms with Crippen LogP contribution in [0.5, 0.6) is 0 Å². The molecule has 0 radical (unpaired) electrons. The number of carbonyl (C=O) groups is 2. The Labute approximate surface area is 153 Å². The average molecular weight is 349 g/mol. The highest BCUT2D eigenvalue weighted by Gasteiger charge is 2.20. The SMILES string of the molecule is O=C(NCC1CCCOC1)c1cccc(-c2ccc3c(c2)CCC3=O)c1. The number of Topliss-reactive ketones (excluding diaryl/α,β-unsaturated/α-hetero) is 1. The van der Waals surface area contributed by atoms with E-state index in [9.17, 15) is 9.59 Å². The second-order valence-electron chi connectivity index (χ2n) is 7.17. The van der Waals surface area contributed by atoms with Crippen LogP contribution in [0.3, 0.4) is 0 Å². The van der Waals surface area contributed by atoms with E-state index in [0.717, 1.165) is 54.7 Å². The molecule has 1 aliphatic heterocycles. The van der Waals surface area contributed by atoms with Crippen molar-refractivity contribution >= 4 is 11.7 Å². The number of carbonyl (C=O) groups excluding carboxylic acids is 2. The van der Waals surface area contributed by atoms with Gasteiger partial charge >= 0.3 is 0 Å². The van der Waals surface area contributed by atoms with E-state index in [1.807, 2.05) is 36.4 Å². The predicted octanol–water partition coefficient (Wildman–Crippen LogP) is 3.64. The first-order valence-electron chi connectivity index (χ1n) is 9.33. The van der Waals surface area contributed by atoms with Gasteiger partial charge in [0.05, 0.1) is 6.61 Å². The first-order chi connectivity index (χ1) is 12.7. The summed E-state index contributed by atoms with van der Waals surface area (Å²) in [6, 6.07) is 13.6. The van der Waals surface area contributed by atoms with Crippen molar-refractivity contribution in [3.05, 3.63) is 59.2 Å². The molecule has 1 N–H and O–H groups in total. The smallest absolute Gasteiger partial charge is 0.251 e. The van der Waals surface area contributed by atoms with Crippen LogP contribution in [0.25, 0.3) is 11.1 Å². The Balaban J connectivity index is 1.48. The van der Waals surface area contributed by atoms with Crippen LogP contribution in [0.1, 0.15) is 45.5 Å². The summed E-state index contributed by atoms with van der Waals surface area (Å²) in [6.45, 7) is 2.22. The van der Waals surface area contributed by atoms with Crippen molar-refractivity contribution in [1.29, 1.82) is 0 Å². The van der Waals surface area contributed by atoms with E-state index in [4.69, 9.17) is 4.74 Å². The number of ketones is 1. The highest BCUT2D eigenvalue weighted by atomic mass is 16.5. The summed E-state index contributed by atoms with van der Waals surface area (Å²) >= 11 is 0. The van der Waals surface area contributed by atoms with E-state index in [2.05, 4.69) is 11.4 Å². The monoisotopic (exact) mass is 349 g/mol. The van der Waals surface area contributed by atoms with Gasteiger partial charge in [0.25, 0.3) is 5.91 Å². The van der Waals surface area contributed by atoms with Crippen molar-refractivity contribution in [3.8, 4) is 11.1 Å². The lowest BCUT2D eigenvalue weighted by molar-refractivity contribution is 0.0536.